The second kappa shape index (κ2) is 4.72. The van der Waals surface area contributed by atoms with Crippen LogP contribution in [0.3, 0.4) is 0 Å². The summed E-state index contributed by atoms with van der Waals surface area (Å²) in [5.74, 6) is 0. The van der Waals surface area contributed by atoms with E-state index in [0.29, 0.717) is 0 Å². The van der Waals surface area contributed by atoms with Crippen LogP contribution >= 0.6 is 0 Å². The minimum absolute atomic E-state index is 0.0274. The van der Waals surface area contributed by atoms with E-state index in [2.05, 4.69) is 65.1 Å². The third-order valence-electron chi connectivity index (χ3n) is 2.33. The molecule has 2 heteroatoms. The largest absolute Gasteiger partial charge is 0.412 e. The Bertz CT molecular complexity index is 333. The van der Waals surface area contributed by atoms with Crippen molar-refractivity contribution in [3.8, 4) is 0 Å². The maximum atomic E-state index is 6.20. The SMILES string of the molecule is Cc1ccc(C[Si](C)(C)OC(C)(C)C)cc1. The van der Waals surface area contributed by atoms with Crippen molar-refractivity contribution in [2.24, 2.45) is 0 Å². The molecule has 0 atom stereocenters. The topological polar surface area (TPSA) is 9.23 Å². The number of rotatable bonds is 3. The molecule has 0 aliphatic rings. The van der Waals surface area contributed by atoms with Gasteiger partial charge in [0.15, 0.2) is 8.32 Å². The minimum atomic E-state index is -1.60. The van der Waals surface area contributed by atoms with Crippen molar-refractivity contribution >= 4 is 8.32 Å². The van der Waals surface area contributed by atoms with Crippen LogP contribution < -0.4 is 0 Å². The molecule has 0 spiro atoms. The van der Waals surface area contributed by atoms with E-state index in [1.165, 1.54) is 11.1 Å². The molecular formula is C14H24OSi. The van der Waals surface area contributed by atoms with Crippen molar-refractivity contribution < 1.29 is 4.43 Å². The van der Waals surface area contributed by atoms with E-state index in [1.54, 1.807) is 0 Å². The average molecular weight is 236 g/mol. The molecule has 0 saturated heterocycles. The predicted octanol–water partition coefficient (Wildman–Crippen LogP) is 4.10. The molecule has 0 aliphatic heterocycles. The van der Waals surface area contributed by atoms with Gasteiger partial charge in [-0.05, 0) is 52.4 Å². The molecule has 0 radical (unpaired) electrons. The fourth-order valence-corrected chi connectivity index (χ4v) is 5.01. The lowest BCUT2D eigenvalue weighted by molar-refractivity contribution is 0.120. The quantitative estimate of drug-likeness (QED) is 0.718. The van der Waals surface area contributed by atoms with Crippen LogP contribution in [0.15, 0.2) is 24.3 Å². The lowest BCUT2D eigenvalue weighted by Crippen LogP contribution is -2.41. The van der Waals surface area contributed by atoms with Gasteiger partial charge in [0.2, 0.25) is 0 Å². The fourth-order valence-electron chi connectivity index (χ4n) is 2.06. The minimum Gasteiger partial charge on any atom is -0.412 e. The Morgan fingerprint density at radius 1 is 1.06 bits per heavy atom. The highest BCUT2D eigenvalue weighted by molar-refractivity contribution is 6.70. The molecule has 0 amide bonds. The molecule has 0 aromatic heterocycles. The molecule has 90 valence electrons. The van der Waals surface area contributed by atoms with Crippen molar-refractivity contribution in [3.63, 3.8) is 0 Å². The van der Waals surface area contributed by atoms with E-state index in [4.69, 9.17) is 4.43 Å². The molecule has 16 heavy (non-hydrogen) atoms. The number of hydrogen-bond donors (Lipinski definition) is 0. The number of hydrogen-bond acceptors (Lipinski definition) is 1. The van der Waals surface area contributed by atoms with E-state index < -0.39 is 8.32 Å². The van der Waals surface area contributed by atoms with Crippen molar-refractivity contribution in [3.05, 3.63) is 35.4 Å². The van der Waals surface area contributed by atoms with Crippen LogP contribution in [0.1, 0.15) is 31.9 Å². The number of benzene rings is 1. The molecule has 0 N–H and O–H groups in total. The van der Waals surface area contributed by atoms with Gasteiger partial charge in [-0.2, -0.15) is 0 Å². The highest BCUT2D eigenvalue weighted by atomic mass is 28.4. The van der Waals surface area contributed by atoms with Crippen LogP contribution in [0.5, 0.6) is 0 Å². The highest BCUT2D eigenvalue weighted by Crippen LogP contribution is 2.20. The predicted molar refractivity (Wildman–Crippen MR) is 73.2 cm³/mol. The summed E-state index contributed by atoms with van der Waals surface area (Å²) in [6, 6.07) is 9.88. The van der Waals surface area contributed by atoms with Crippen molar-refractivity contribution in [2.75, 3.05) is 0 Å². The van der Waals surface area contributed by atoms with Gasteiger partial charge in [-0.15, -0.1) is 0 Å². The second-order valence-corrected chi connectivity index (χ2v) is 10.2. The summed E-state index contributed by atoms with van der Waals surface area (Å²) in [7, 11) is -1.60. The fraction of sp³-hybridized carbons (Fsp3) is 0.571. The Labute approximate surface area is 101 Å². The first-order chi connectivity index (χ1) is 7.18. The summed E-state index contributed by atoms with van der Waals surface area (Å²) < 4.78 is 6.20. The molecule has 0 heterocycles. The molecule has 1 aromatic rings. The molecule has 1 aromatic carbocycles. The Hall–Kier alpha value is -0.603. The van der Waals surface area contributed by atoms with Crippen LogP contribution in [-0.4, -0.2) is 13.9 Å². The number of aryl methyl sites for hydroxylation is 1. The standard InChI is InChI=1S/C14H24OSi/c1-12-7-9-13(10-8-12)11-16(5,6)15-14(2,3)4/h7-10H,11H2,1-6H3. The van der Waals surface area contributed by atoms with Crippen molar-refractivity contribution in [1.82, 2.24) is 0 Å². The first-order valence-electron chi connectivity index (χ1n) is 5.94. The van der Waals surface area contributed by atoms with Gasteiger partial charge in [0.25, 0.3) is 0 Å². The van der Waals surface area contributed by atoms with E-state index in [0.717, 1.165) is 6.04 Å². The smallest absolute Gasteiger partial charge is 0.191 e. The summed E-state index contributed by atoms with van der Waals surface area (Å²) in [5.41, 5.74) is 2.69. The summed E-state index contributed by atoms with van der Waals surface area (Å²) in [6.07, 6.45) is 0. The van der Waals surface area contributed by atoms with E-state index in [1.807, 2.05) is 0 Å². The molecule has 1 nitrogen and oxygen atoms in total. The Kier molecular flexibility index (Phi) is 3.97. The van der Waals surface area contributed by atoms with Gasteiger partial charge in [0.1, 0.15) is 0 Å². The zero-order chi connectivity index (χ0) is 12.4. The van der Waals surface area contributed by atoms with Gasteiger partial charge in [-0.3, -0.25) is 0 Å². The monoisotopic (exact) mass is 236 g/mol. The zero-order valence-electron chi connectivity index (χ0n) is 11.4. The molecule has 0 fully saturated rings. The maximum absolute atomic E-state index is 6.20. The van der Waals surface area contributed by atoms with Gasteiger partial charge < -0.3 is 4.43 Å². The molecule has 1 rings (SSSR count). The third-order valence-corrected chi connectivity index (χ3v) is 4.76. The molecule has 0 bridgehead atoms. The van der Waals surface area contributed by atoms with E-state index in [9.17, 15) is 0 Å². The lowest BCUT2D eigenvalue weighted by Gasteiger charge is -2.32. The lowest BCUT2D eigenvalue weighted by atomic mass is 10.2. The third kappa shape index (κ3) is 4.95. The summed E-state index contributed by atoms with van der Waals surface area (Å²) in [5, 5.41) is 0. The summed E-state index contributed by atoms with van der Waals surface area (Å²) >= 11 is 0. The molecule has 0 unspecified atom stereocenters. The second-order valence-electron chi connectivity index (χ2n) is 6.14. The maximum Gasteiger partial charge on any atom is 0.191 e. The van der Waals surface area contributed by atoms with Crippen LogP contribution in [0.2, 0.25) is 13.1 Å². The van der Waals surface area contributed by atoms with Gasteiger partial charge in [0, 0.05) is 5.60 Å². The molecule has 0 aliphatic carbocycles. The summed E-state index contributed by atoms with van der Waals surface area (Å²) in [6.45, 7) is 13.1. The van der Waals surface area contributed by atoms with E-state index >= 15 is 0 Å². The first-order valence-corrected chi connectivity index (χ1v) is 9.05. The van der Waals surface area contributed by atoms with E-state index in [-0.39, 0.29) is 5.60 Å². The van der Waals surface area contributed by atoms with Crippen molar-refractivity contribution in [1.29, 1.82) is 0 Å². The Morgan fingerprint density at radius 2 is 1.56 bits per heavy atom. The van der Waals surface area contributed by atoms with Crippen molar-refractivity contribution in [2.45, 2.75) is 52.4 Å². The first kappa shape index (κ1) is 13.5. The molecular weight excluding hydrogens is 212 g/mol. The van der Waals surface area contributed by atoms with Crippen LogP contribution in [0, 0.1) is 6.92 Å². The zero-order valence-corrected chi connectivity index (χ0v) is 12.4. The van der Waals surface area contributed by atoms with Gasteiger partial charge >= 0.3 is 0 Å². The normalized spacial score (nSPS) is 12.9. The Morgan fingerprint density at radius 3 is 2.00 bits per heavy atom. The van der Waals surface area contributed by atoms with Gasteiger partial charge in [-0.1, -0.05) is 29.8 Å². The molecule has 0 saturated carbocycles. The van der Waals surface area contributed by atoms with Crippen LogP contribution in [0.25, 0.3) is 0 Å². The van der Waals surface area contributed by atoms with Crippen LogP contribution in [-0.2, 0) is 10.5 Å². The van der Waals surface area contributed by atoms with Gasteiger partial charge in [0.05, 0.1) is 0 Å². The Balaban J connectivity index is 2.69. The van der Waals surface area contributed by atoms with Gasteiger partial charge in [-0.25, -0.2) is 0 Å². The van der Waals surface area contributed by atoms with Crippen LogP contribution in [0.4, 0.5) is 0 Å². The average Bonchev–Trinajstić information content (AvgIpc) is 2.04. The highest BCUT2D eigenvalue weighted by Gasteiger charge is 2.28. The summed E-state index contributed by atoms with van der Waals surface area (Å²) in [4.78, 5) is 0.